The van der Waals surface area contributed by atoms with Crippen LogP contribution in [0, 0.1) is 5.92 Å². The molecule has 3 N–H and O–H groups in total. The molecule has 138 valence electrons. The Morgan fingerprint density at radius 1 is 1.11 bits per heavy atom. The zero-order valence-electron chi connectivity index (χ0n) is 15.5. The summed E-state index contributed by atoms with van der Waals surface area (Å²) in [7, 11) is 2.24. The summed E-state index contributed by atoms with van der Waals surface area (Å²) in [6.45, 7) is 1.03. The van der Waals surface area contributed by atoms with Gasteiger partial charge in [0.05, 0.1) is 0 Å². The average Bonchev–Trinajstić information content (AvgIpc) is 3.02. The summed E-state index contributed by atoms with van der Waals surface area (Å²) in [5.41, 5.74) is 6.10. The number of phenols is 2. The molecule has 2 bridgehead atoms. The Hall–Kier alpha value is -2.46. The number of likely N-dealkylation sites (N-methyl/N-ethyl adjacent to an activating group) is 1. The number of nitrogens with one attached hydrogen (secondary N) is 1. The van der Waals surface area contributed by atoms with E-state index in [2.05, 4.69) is 41.2 Å². The second-order valence-electron chi connectivity index (χ2n) is 8.74. The van der Waals surface area contributed by atoms with Crippen molar-refractivity contribution in [2.24, 2.45) is 5.92 Å². The molecule has 0 amide bonds. The molecule has 1 saturated heterocycles. The molecular weight excluding hydrogens is 336 g/mol. The van der Waals surface area contributed by atoms with Crippen LogP contribution in [0.1, 0.15) is 28.8 Å². The normalized spacial score (nSPS) is 29.2. The van der Waals surface area contributed by atoms with Crippen molar-refractivity contribution >= 4 is 10.9 Å². The van der Waals surface area contributed by atoms with Crippen LogP contribution in [-0.2, 0) is 24.7 Å². The van der Waals surface area contributed by atoms with Crippen molar-refractivity contribution < 1.29 is 10.2 Å². The van der Waals surface area contributed by atoms with Crippen molar-refractivity contribution in [3.63, 3.8) is 0 Å². The van der Waals surface area contributed by atoms with Crippen LogP contribution in [0.2, 0.25) is 0 Å². The molecular formula is C23H24N2O2. The molecule has 4 heteroatoms. The van der Waals surface area contributed by atoms with E-state index in [-0.39, 0.29) is 16.9 Å². The number of hydrogen-bond acceptors (Lipinski definition) is 3. The van der Waals surface area contributed by atoms with Crippen LogP contribution >= 0.6 is 0 Å². The van der Waals surface area contributed by atoms with E-state index in [1.165, 1.54) is 27.7 Å². The van der Waals surface area contributed by atoms with Gasteiger partial charge >= 0.3 is 0 Å². The lowest BCUT2D eigenvalue weighted by atomic mass is 9.52. The largest absolute Gasteiger partial charge is 0.504 e. The minimum absolute atomic E-state index is 0.0155. The maximum Gasteiger partial charge on any atom is 0.161 e. The number of nitrogens with zero attached hydrogens (tertiary/aromatic N) is 1. The highest BCUT2D eigenvalue weighted by atomic mass is 16.3. The van der Waals surface area contributed by atoms with Crippen LogP contribution < -0.4 is 0 Å². The van der Waals surface area contributed by atoms with Crippen LogP contribution in [0.5, 0.6) is 11.5 Å². The summed E-state index contributed by atoms with van der Waals surface area (Å²) in [4.78, 5) is 6.17. The Bertz CT molecular complexity index is 1090. The van der Waals surface area contributed by atoms with Gasteiger partial charge in [-0.05, 0) is 68.5 Å². The Kier molecular flexibility index (Phi) is 2.93. The fourth-order valence-corrected chi connectivity index (χ4v) is 6.40. The number of rotatable bonds is 0. The van der Waals surface area contributed by atoms with E-state index < -0.39 is 0 Å². The lowest BCUT2D eigenvalue weighted by Gasteiger charge is -2.58. The maximum atomic E-state index is 10.9. The number of aromatic nitrogens is 1. The molecule has 2 heterocycles. The molecule has 0 spiro atoms. The quantitative estimate of drug-likeness (QED) is 0.538. The van der Waals surface area contributed by atoms with Gasteiger partial charge in [0.1, 0.15) is 0 Å². The van der Waals surface area contributed by atoms with Gasteiger partial charge in [-0.2, -0.15) is 0 Å². The smallest absolute Gasteiger partial charge is 0.161 e. The molecule has 3 atom stereocenters. The number of H-pyrrole nitrogens is 1. The zero-order chi connectivity index (χ0) is 18.3. The molecule has 6 rings (SSSR count). The average molecular weight is 360 g/mol. The SMILES string of the molecule is CN1CC[C@@]23Cc4[nH]c5ccccc5c4CC2[C@@H]1Cc1ccc(O)c(O)c13. The third-order valence-electron chi connectivity index (χ3n) is 7.64. The van der Waals surface area contributed by atoms with Crippen LogP contribution in [-0.4, -0.2) is 39.7 Å². The molecule has 2 aliphatic carbocycles. The number of aromatic amines is 1. The van der Waals surface area contributed by atoms with E-state index in [9.17, 15) is 10.2 Å². The zero-order valence-corrected chi connectivity index (χ0v) is 15.5. The number of benzene rings is 2. The number of hydrogen-bond donors (Lipinski definition) is 3. The van der Waals surface area contributed by atoms with E-state index in [4.69, 9.17) is 0 Å². The summed E-state index contributed by atoms with van der Waals surface area (Å²) >= 11 is 0. The molecule has 1 aliphatic heterocycles. The first kappa shape index (κ1) is 15.6. The highest BCUT2D eigenvalue weighted by Crippen LogP contribution is 2.58. The first-order valence-electron chi connectivity index (χ1n) is 9.91. The summed E-state index contributed by atoms with van der Waals surface area (Å²) < 4.78 is 0. The van der Waals surface area contributed by atoms with E-state index in [0.29, 0.717) is 12.0 Å². The maximum absolute atomic E-state index is 10.9. The Labute approximate surface area is 158 Å². The monoisotopic (exact) mass is 360 g/mol. The lowest BCUT2D eigenvalue weighted by molar-refractivity contribution is 0.0225. The second-order valence-corrected chi connectivity index (χ2v) is 8.74. The Balaban J connectivity index is 1.63. The molecule has 1 aromatic heterocycles. The van der Waals surface area contributed by atoms with Gasteiger partial charge in [0.15, 0.2) is 11.5 Å². The third-order valence-corrected chi connectivity index (χ3v) is 7.64. The summed E-state index contributed by atoms with van der Waals surface area (Å²) in [5.74, 6) is 0.588. The number of para-hydroxylation sites is 1. The lowest BCUT2D eigenvalue weighted by Crippen LogP contribution is -2.61. The summed E-state index contributed by atoms with van der Waals surface area (Å²) in [6.07, 6.45) is 3.91. The molecule has 1 fully saturated rings. The fraction of sp³-hybridized carbons (Fsp3) is 0.391. The number of fused-ring (bicyclic) bond motifs is 4. The van der Waals surface area contributed by atoms with Gasteiger partial charge < -0.3 is 20.1 Å². The predicted octanol–water partition coefficient (Wildman–Crippen LogP) is 3.49. The molecule has 3 aliphatic rings. The fourth-order valence-electron chi connectivity index (χ4n) is 6.40. The molecule has 0 saturated carbocycles. The molecule has 0 radical (unpaired) electrons. The Morgan fingerprint density at radius 3 is 2.85 bits per heavy atom. The first-order chi connectivity index (χ1) is 13.1. The van der Waals surface area contributed by atoms with E-state index in [0.717, 1.165) is 37.8 Å². The number of phenolic OH excluding ortho intramolecular Hbond substituents is 2. The third kappa shape index (κ3) is 1.86. The van der Waals surface area contributed by atoms with Crippen molar-refractivity contribution in [2.45, 2.75) is 37.1 Å². The van der Waals surface area contributed by atoms with Gasteiger partial charge in [0.25, 0.3) is 0 Å². The van der Waals surface area contributed by atoms with Crippen LogP contribution in [0.3, 0.4) is 0 Å². The van der Waals surface area contributed by atoms with Crippen molar-refractivity contribution in [1.82, 2.24) is 9.88 Å². The number of aromatic hydroxyl groups is 2. The highest BCUT2D eigenvalue weighted by Gasteiger charge is 2.56. The minimum Gasteiger partial charge on any atom is -0.504 e. The number of likely N-dealkylation sites (tertiary alicyclic amines) is 1. The van der Waals surface area contributed by atoms with Crippen LogP contribution in [0.15, 0.2) is 36.4 Å². The Morgan fingerprint density at radius 2 is 1.96 bits per heavy atom. The van der Waals surface area contributed by atoms with Gasteiger partial charge in [-0.25, -0.2) is 0 Å². The van der Waals surface area contributed by atoms with Gasteiger partial charge in [-0.15, -0.1) is 0 Å². The molecule has 27 heavy (non-hydrogen) atoms. The van der Waals surface area contributed by atoms with Crippen LogP contribution in [0.4, 0.5) is 0 Å². The van der Waals surface area contributed by atoms with E-state index >= 15 is 0 Å². The minimum atomic E-state index is -0.0958. The molecule has 3 aromatic rings. The topological polar surface area (TPSA) is 59.5 Å². The first-order valence-corrected chi connectivity index (χ1v) is 9.91. The van der Waals surface area contributed by atoms with Crippen molar-refractivity contribution in [3.8, 4) is 11.5 Å². The molecule has 1 unspecified atom stereocenters. The van der Waals surface area contributed by atoms with Crippen molar-refractivity contribution in [2.75, 3.05) is 13.6 Å². The van der Waals surface area contributed by atoms with E-state index in [1.807, 2.05) is 6.07 Å². The van der Waals surface area contributed by atoms with Crippen LogP contribution in [0.25, 0.3) is 10.9 Å². The van der Waals surface area contributed by atoms with E-state index in [1.54, 1.807) is 6.07 Å². The van der Waals surface area contributed by atoms with Gasteiger partial charge in [0, 0.05) is 33.6 Å². The number of piperidine rings is 1. The summed E-state index contributed by atoms with van der Waals surface area (Å²) in [5, 5.41) is 22.5. The highest BCUT2D eigenvalue weighted by molar-refractivity contribution is 5.85. The predicted molar refractivity (Wildman–Crippen MR) is 105 cm³/mol. The van der Waals surface area contributed by atoms with Crippen molar-refractivity contribution in [1.29, 1.82) is 0 Å². The molecule has 4 nitrogen and oxygen atoms in total. The van der Waals surface area contributed by atoms with Crippen molar-refractivity contribution in [3.05, 3.63) is 58.8 Å². The summed E-state index contributed by atoms with van der Waals surface area (Å²) in [6, 6.07) is 12.7. The standard InChI is InChI=1S/C23H24N2O2/c1-25-9-8-23-12-18-15(14-4-2-3-5-17(14)24-18)11-16(23)19(25)10-13-6-7-20(26)22(27)21(13)23/h2-7,16,19,24,26-27H,8-12H2,1H3/t16?,19-,23+/m0/s1. The van der Waals surface area contributed by atoms with Gasteiger partial charge in [-0.1, -0.05) is 24.3 Å². The van der Waals surface area contributed by atoms with Gasteiger partial charge in [-0.3, -0.25) is 0 Å². The second kappa shape index (κ2) is 5.08. The molecule has 2 aromatic carbocycles. The van der Waals surface area contributed by atoms with Gasteiger partial charge in [0.2, 0.25) is 0 Å².